The highest BCUT2D eigenvalue weighted by molar-refractivity contribution is 14.0. The highest BCUT2D eigenvalue weighted by Crippen LogP contribution is 2.20. The highest BCUT2D eigenvalue weighted by atomic mass is 127. The van der Waals surface area contributed by atoms with Crippen LogP contribution < -0.4 is 15.0 Å². The average molecular weight is 499 g/mol. The molecule has 7 nitrogen and oxygen atoms in total. The lowest BCUT2D eigenvalue weighted by atomic mass is 10.2. The molecule has 1 saturated heterocycles. The quantitative estimate of drug-likeness (QED) is 0.388. The molecule has 2 aromatic rings. The summed E-state index contributed by atoms with van der Waals surface area (Å²) in [6.45, 7) is 11.0. The van der Waals surface area contributed by atoms with E-state index in [1.54, 1.807) is 7.11 Å². The van der Waals surface area contributed by atoms with E-state index in [9.17, 15) is 0 Å². The van der Waals surface area contributed by atoms with Gasteiger partial charge in [-0.05, 0) is 45.0 Å². The number of guanidine groups is 1. The molecule has 1 aliphatic rings. The first-order chi connectivity index (χ1) is 13.1. The van der Waals surface area contributed by atoms with Gasteiger partial charge in [0.15, 0.2) is 5.96 Å². The van der Waals surface area contributed by atoms with Gasteiger partial charge in [-0.2, -0.15) is 0 Å². The van der Waals surface area contributed by atoms with Crippen molar-refractivity contribution in [3.8, 4) is 5.75 Å². The maximum absolute atomic E-state index is 5.64. The van der Waals surface area contributed by atoms with Crippen LogP contribution in [0.3, 0.4) is 0 Å². The van der Waals surface area contributed by atoms with E-state index in [2.05, 4.69) is 39.2 Å². The second kappa shape index (κ2) is 10.5. The summed E-state index contributed by atoms with van der Waals surface area (Å²) in [7, 11) is 1.69. The van der Waals surface area contributed by atoms with Crippen LogP contribution in [0.4, 0.5) is 5.69 Å². The third-order valence-electron chi connectivity index (χ3n) is 4.79. The normalized spacial score (nSPS) is 14.6. The fraction of sp³-hybridized carbons (Fsp3) is 0.500. The van der Waals surface area contributed by atoms with Crippen LogP contribution in [0.15, 0.2) is 33.7 Å². The smallest absolute Gasteiger partial charge is 0.216 e. The first-order valence-corrected chi connectivity index (χ1v) is 9.46. The second-order valence-corrected chi connectivity index (χ2v) is 6.59. The summed E-state index contributed by atoms with van der Waals surface area (Å²) in [5.41, 5.74) is 2.15. The molecule has 0 saturated carbocycles. The fourth-order valence-electron chi connectivity index (χ4n) is 3.14. The van der Waals surface area contributed by atoms with Crippen LogP contribution in [0.25, 0.3) is 0 Å². The predicted octanol–water partition coefficient (Wildman–Crippen LogP) is 3.21. The zero-order valence-corrected chi connectivity index (χ0v) is 19.4. The van der Waals surface area contributed by atoms with Crippen LogP contribution in [0.1, 0.15) is 24.3 Å². The Morgan fingerprint density at radius 1 is 1.18 bits per heavy atom. The van der Waals surface area contributed by atoms with Crippen LogP contribution in [-0.2, 0) is 6.54 Å². The van der Waals surface area contributed by atoms with Gasteiger partial charge in [0.05, 0.1) is 12.8 Å². The molecule has 1 aliphatic heterocycles. The number of piperazine rings is 1. The lowest BCUT2D eigenvalue weighted by molar-refractivity contribution is 0.371. The Labute approximate surface area is 184 Å². The van der Waals surface area contributed by atoms with Gasteiger partial charge < -0.3 is 24.3 Å². The number of aliphatic imine (C=N–C) groups is 1. The maximum atomic E-state index is 5.64. The van der Waals surface area contributed by atoms with E-state index in [1.807, 2.05) is 26.0 Å². The Balaban J connectivity index is 0.00000280. The summed E-state index contributed by atoms with van der Waals surface area (Å²) >= 11 is 0. The number of aromatic nitrogens is 1. The van der Waals surface area contributed by atoms with Crippen molar-refractivity contribution in [2.75, 3.05) is 44.7 Å². The number of benzene rings is 1. The van der Waals surface area contributed by atoms with E-state index in [4.69, 9.17) is 14.1 Å². The Morgan fingerprint density at radius 3 is 2.39 bits per heavy atom. The molecule has 1 N–H and O–H groups in total. The number of ether oxygens (including phenoxy) is 1. The molecule has 1 aromatic heterocycles. The van der Waals surface area contributed by atoms with Crippen molar-refractivity contribution in [2.24, 2.45) is 4.99 Å². The van der Waals surface area contributed by atoms with Gasteiger partial charge in [-0.15, -0.1) is 24.0 Å². The molecule has 3 rings (SSSR count). The minimum absolute atomic E-state index is 0. The molecular weight excluding hydrogens is 469 g/mol. The number of methoxy groups -OCH3 is 1. The van der Waals surface area contributed by atoms with E-state index in [1.165, 1.54) is 5.69 Å². The largest absolute Gasteiger partial charge is 0.497 e. The molecule has 2 heterocycles. The van der Waals surface area contributed by atoms with Gasteiger partial charge in [-0.1, -0.05) is 0 Å². The number of rotatable bonds is 5. The van der Waals surface area contributed by atoms with Gasteiger partial charge in [0.1, 0.15) is 18.1 Å². The number of nitrogens with zero attached hydrogens (tertiary/aromatic N) is 4. The Hall–Kier alpha value is -1.97. The van der Waals surface area contributed by atoms with Crippen molar-refractivity contribution >= 4 is 35.6 Å². The lowest BCUT2D eigenvalue weighted by Crippen LogP contribution is -2.52. The molecule has 0 amide bonds. The molecule has 0 atom stereocenters. The summed E-state index contributed by atoms with van der Waals surface area (Å²) in [6, 6.07) is 8.24. The molecule has 0 unspecified atom stereocenters. The molecule has 0 spiro atoms. The van der Waals surface area contributed by atoms with Gasteiger partial charge in [0, 0.05) is 38.4 Å². The third kappa shape index (κ3) is 5.52. The summed E-state index contributed by atoms with van der Waals surface area (Å²) < 4.78 is 10.9. The van der Waals surface area contributed by atoms with Crippen molar-refractivity contribution in [3.05, 3.63) is 41.6 Å². The Bertz CT molecular complexity index is 748. The van der Waals surface area contributed by atoms with Crippen molar-refractivity contribution < 1.29 is 9.15 Å². The van der Waals surface area contributed by atoms with E-state index in [0.717, 1.165) is 55.9 Å². The Kier molecular flexibility index (Phi) is 8.40. The zero-order chi connectivity index (χ0) is 19.2. The van der Waals surface area contributed by atoms with E-state index >= 15 is 0 Å². The summed E-state index contributed by atoms with van der Waals surface area (Å²) in [5, 5.41) is 3.39. The van der Waals surface area contributed by atoms with Gasteiger partial charge in [-0.3, -0.25) is 0 Å². The second-order valence-electron chi connectivity index (χ2n) is 6.59. The molecule has 0 bridgehead atoms. The van der Waals surface area contributed by atoms with Crippen LogP contribution >= 0.6 is 24.0 Å². The van der Waals surface area contributed by atoms with E-state index < -0.39 is 0 Å². The molecule has 1 aromatic carbocycles. The summed E-state index contributed by atoms with van der Waals surface area (Å²) in [5.74, 6) is 3.33. The standard InChI is InChI=1S/C20H29N5O2.HI/c1-5-21-20(22-14-19-23-15(2)16(3)27-19)25-12-10-24(11-13-25)17-6-8-18(26-4)9-7-17;/h6-9H,5,10-14H2,1-4H3,(H,21,22);1H. The van der Waals surface area contributed by atoms with Crippen LogP contribution in [0, 0.1) is 13.8 Å². The molecule has 154 valence electrons. The number of aryl methyl sites for hydroxylation is 2. The monoisotopic (exact) mass is 499 g/mol. The topological polar surface area (TPSA) is 66.1 Å². The molecule has 1 fully saturated rings. The minimum atomic E-state index is 0. The highest BCUT2D eigenvalue weighted by Gasteiger charge is 2.20. The van der Waals surface area contributed by atoms with Crippen molar-refractivity contribution in [3.63, 3.8) is 0 Å². The number of hydrogen-bond acceptors (Lipinski definition) is 5. The zero-order valence-electron chi connectivity index (χ0n) is 17.1. The van der Waals surface area contributed by atoms with Crippen LogP contribution in [0.5, 0.6) is 5.75 Å². The summed E-state index contributed by atoms with van der Waals surface area (Å²) in [4.78, 5) is 13.8. The maximum Gasteiger partial charge on any atom is 0.216 e. The molecule has 28 heavy (non-hydrogen) atoms. The number of hydrogen-bond donors (Lipinski definition) is 1. The molecular formula is C20H30IN5O2. The number of anilines is 1. The van der Waals surface area contributed by atoms with E-state index in [-0.39, 0.29) is 24.0 Å². The minimum Gasteiger partial charge on any atom is -0.497 e. The van der Waals surface area contributed by atoms with Crippen molar-refractivity contribution in [1.29, 1.82) is 0 Å². The number of halogens is 1. The van der Waals surface area contributed by atoms with Crippen molar-refractivity contribution in [2.45, 2.75) is 27.3 Å². The number of nitrogens with one attached hydrogen (secondary N) is 1. The van der Waals surface area contributed by atoms with Gasteiger partial charge in [0.25, 0.3) is 0 Å². The average Bonchev–Trinajstić information content (AvgIpc) is 3.03. The Morgan fingerprint density at radius 2 is 1.86 bits per heavy atom. The SMILES string of the molecule is CCNC(=NCc1nc(C)c(C)o1)N1CCN(c2ccc(OC)cc2)CC1.I. The van der Waals surface area contributed by atoms with Crippen molar-refractivity contribution in [1.82, 2.24) is 15.2 Å². The molecule has 0 aliphatic carbocycles. The van der Waals surface area contributed by atoms with Gasteiger partial charge in [0.2, 0.25) is 5.89 Å². The molecule has 8 heteroatoms. The summed E-state index contributed by atoms with van der Waals surface area (Å²) in [6.07, 6.45) is 0. The fourth-order valence-corrected chi connectivity index (χ4v) is 3.14. The van der Waals surface area contributed by atoms with Gasteiger partial charge >= 0.3 is 0 Å². The predicted molar refractivity (Wildman–Crippen MR) is 123 cm³/mol. The third-order valence-corrected chi connectivity index (χ3v) is 4.79. The van der Waals surface area contributed by atoms with Crippen LogP contribution in [0.2, 0.25) is 0 Å². The molecule has 0 radical (unpaired) electrons. The van der Waals surface area contributed by atoms with Gasteiger partial charge in [-0.25, -0.2) is 9.98 Å². The van der Waals surface area contributed by atoms with E-state index in [0.29, 0.717) is 12.4 Å². The lowest BCUT2D eigenvalue weighted by Gasteiger charge is -2.37. The first kappa shape index (κ1) is 22.3. The first-order valence-electron chi connectivity index (χ1n) is 9.46. The van der Waals surface area contributed by atoms with Crippen LogP contribution in [-0.4, -0.2) is 55.7 Å². The number of oxazole rings is 1.